The van der Waals surface area contributed by atoms with Crippen LogP contribution in [0, 0.1) is 0 Å². The Bertz CT molecular complexity index is 897. The van der Waals surface area contributed by atoms with Crippen LogP contribution in [-0.2, 0) is 12.7 Å². The first kappa shape index (κ1) is 17.7. The summed E-state index contributed by atoms with van der Waals surface area (Å²) in [7, 11) is 0. The van der Waals surface area contributed by atoms with E-state index in [-0.39, 0.29) is 11.6 Å². The van der Waals surface area contributed by atoms with Crippen molar-refractivity contribution in [1.82, 2.24) is 20.2 Å². The number of rotatable bonds is 4. The van der Waals surface area contributed by atoms with Crippen LogP contribution in [0.1, 0.15) is 11.4 Å². The summed E-state index contributed by atoms with van der Waals surface area (Å²) in [5, 5.41) is 14.4. The van der Waals surface area contributed by atoms with Crippen molar-refractivity contribution in [2.45, 2.75) is 12.7 Å². The zero-order chi connectivity index (χ0) is 18.0. The Morgan fingerprint density at radius 2 is 1.92 bits per heavy atom. The topological polar surface area (TPSA) is 55.6 Å². The SMILES string of the molecule is FC(F)(F)c1ccc(NCc2nnnn2-c2ccccc2Br)c(Cl)c1. The minimum atomic E-state index is -4.44. The number of anilines is 1. The third kappa shape index (κ3) is 3.93. The molecule has 25 heavy (non-hydrogen) atoms. The summed E-state index contributed by atoms with van der Waals surface area (Å²) in [6.45, 7) is 0.180. The summed E-state index contributed by atoms with van der Waals surface area (Å²) in [5.41, 5.74) is 0.292. The number of hydrogen-bond donors (Lipinski definition) is 1. The molecule has 0 spiro atoms. The Labute approximate surface area is 153 Å². The molecule has 0 bridgehead atoms. The molecule has 1 N–H and O–H groups in total. The van der Waals surface area contributed by atoms with Crippen LogP contribution >= 0.6 is 27.5 Å². The van der Waals surface area contributed by atoms with Gasteiger partial charge >= 0.3 is 6.18 Å². The van der Waals surface area contributed by atoms with Crippen LogP contribution in [0.15, 0.2) is 46.9 Å². The van der Waals surface area contributed by atoms with E-state index >= 15 is 0 Å². The lowest BCUT2D eigenvalue weighted by atomic mass is 10.2. The Morgan fingerprint density at radius 1 is 1.16 bits per heavy atom. The average Bonchev–Trinajstić information content (AvgIpc) is 3.01. The second-order valence-electron chi connectivity index (χ2n) is 5.00. The molecule has 1 heterocycles. The highest BCUT2D eigenvalue weighted by Crippen LogP contribution is 2.33. The lowest BCUT2D eigenvalue weighted by Crippen LogP contribution is -2.10. The highest BCUT2D eigenvalue weighted by Gasteiger charge is 2.30. The number of para-hydroxylation sites is 1. The van der Waals surface area contributed by atoms with Gasteiger partial charge in [-0.25, -0.2) is 0 Å². The van der Waals surface area contributed by atoms with Gasteiger partial charge in [-0.05, 0) is 56.7 Å². The first-order chi connectivity index (χ1) is 11.9. The molecular weight excluding hydrogens is 423 g/mol. The van der Waals surface area contributed by atoms with Gasteiger partial charge in [0.05, 0.1) is 28.5 Å². The van der Waals surface area contributed by atoms with E-state index < -0.39 is 11.7 Å². The Hall–Kier alpha value is -2.13. The van der Waals surface area contributed by atoms with Crippen molar-refractivity contribution in [3.05, 3.63) is 63.3 Å². The van der Waals surface area contributed by atoms with Crippen LogP contribution < -0.4 is 5.32 Å². The number of nitrogens with zero attached hydrogens (tertiary/aromatic N) is 4. The number of alkyl halides is 3. The summed E-state index contributed by atoms with van der Waals surface area (Å²) in [4.78, 5) is 0. The van der Waals surface area contributed by atoms with E-state index in [0.717, 1.165) is 22.3 Å². The van der Waals surface area contributed by atoms with Crippen molar-refractivity contribution in [3.8, 4) is 5.69 Å². The molecular formula is C15H10BrClF3N5. The largest absolute Gasteiger partial charge is 0.416 e. The molecule has 3 aromatic rings. The summed E-state index contributed by atoms with van der Waals surface area (Å²) < 4.78 is 40.3. The first-order valence-electron chi connectivity index (χ1n) is 6.99. The summed E-state index contributed by atoms with van der Waals surface area (Å²) in [5.74, 6) is 0.475. The monoisotopic (exact) mass is 431 g/mol. The minimum absolute atomic E-state index is 0.0326. The van der Waals surface area contributed by atoms with Gasteiger partial charge in [-0.1, -0.05) is 23.7 Å². The van der Waals surface area contributed by atoms with Crippen molar-refractivity contribution in [2.24, 2.45) is 0 Å². The van der Waals surface area contributed by atoms with E-state index in [1.165, 1.54) is 10.7 Å². The first-order valence-corrected chi connectivity index (χ1v) is 8.16. The van der Waals surface area contributed by atoms with Crippen LogP contribution in [0.25, 0.3) is 5.69 Å². The molecule has 10 heteroatoms. The fourth-order valence-corrected chi connectivity index (χ4v) is 2.84. The van der Waals surface area contributed by atoms with Crippen molar-refractivity contribution < 1.29 is 13.2 Å². The Kier molecular flexibility index (Phi) is 4.96. The van der Waals surface area contributed by atoms with Crippen molar-refractivity contribution in [1.29, 1.82) is 0 Å². The molecule has 0 amide bonds. The minimum Gasteiger partial charge on any atom is -0.376 e. The van der Waals surface area contributed by atoms with Crippen LogP contribution in [-0.4, -0.2) is 20.2 Å². The number of tetrazole rings is 1. The zero-order valence-electron chi connectivity index (χ0n) is 12.4. The quantitative estimate of drug-likeness (QED) is 0.649. The van der Waals surface area contributed by atoms with Gasteiger partial charge in [-0.15, -0.1) is 5.10 Å². The van der Waals surface area contributed by atoms with Gasteiger partial charge < -0.3 is 5.32 Å². The molecule has 1 aromatic heterocycles. The molecule has 0 radical (unpaired) electrons. The lowest BCUT2D eigenvalue weighted by molar-refractivity contribution is -0.137. The van der Waals surface area contributed by atoms with Crippen LogP contribution in [0.3, 0.4) is 0 Å². The maximum absolute atomic E-state index is 12.7. The maximum atomic E-state index is 12.7. The second-order valence-corrected chi connectivity index (χ2v) is 6.27. The molecule has 0 saturated heterocycles. The van der Waals surface area contributed by atoms with Crippen molar-refractivity contribution in [2.75, 3.05) is 5.32 Å². The molecule has 3 rings (SSSR count). The fraction of sp³-hybridized carbons (Fsp3) is 0.133. The molecule has 0 atom stereocenters. The molecule has 5 nitrogen and oxygen atoms in total. The van der Waals surface area contributed by atoms with E-state index in [0.29, 0.717) is 11.5 Å². The molecule has 0 unspecified atom stereocenters. The van der Waals surface area contributed by atoms with Crippen molar-refractivity contribution in [3.63, 3.8) is 0 Å². The number of benzene rings is 2. The number of hydrogen-bond acceptors (Lipinski definition) is 4. The predicted octanol–water partition coefficient (Wildman–Crippen LogP) is 4.71. The smallest absolute Gasteiger partial charge is 0.376 e. The third-order valence-electron chi connectivity index (χ3n) is 3.35. The highest BCUT2D eigenvalue weighted by atomic mass is 79.9. The van der Waals surface area contributed by atoms with Gasteiger partial charge in [0.2, 0.25) is 0 Å². The van der Waals surface area contributed by atoms with Crippen molar-refractivity contribution >= 4 is 33.2 Å². The average molecular weight is 433 g/mol. The maximum Gasteiger partial charge on any atom is 0.416 e. The van der Waals surface area contributed by atoms with E-state index in [9.17, 15) is 13.2 Å². The predicted molar refractivity (Wildman–Crippen MR) is 90.6 cm³/mol. The van der Waals surface area contributed by atoms with Gasteiger partial charge in [-0.2, -0.15) is 17.9 Å². The summed E-state index contributed by atoms with van der Waals surface area (Å²) in [6, 6.07) is 10.5. The third-order valence-corrected chi connectivity index (χ3v) is 4.33. The molecule has 0 fully saturated rings. The standard InChI is InChI=1S/C15H10BrClF3N5/c16-10-3-1-2-4-13(10)25-14(22-23-24-25)8-21-12-6-5-9(7-11(12)17)15(18,19)20/h1-7,21H,8H2. The number of nitrogens with one attached hydrogen (secondary N) is 1. The van der Waals surface area contributed by atoms with Crippen LogP contribution in [0.4, 0.5) is 18.9 Å². The number of aromatic nitrogens is 4. The number of halogens is 5. The molecule has 2 aromatic carbocycles. The second kappa shape index (κ2) is 7.01. The van der Waals surface area contributed by atoms with E-state index in [1.807, 2.05) is 24.3 Å². The van der Waals surface area contributed by atoms with Crippen LogP contribution in [0.5, 0.6) is 0 Å². The zero-order valence-corrected chi connectivity index (χ0v) is 14.8. The summed E-state index contributed by atoms with van der Waals surface area (Å²) >= 11 is 9.35. The lowest BCUT2D eigenvalue weighted by Gasteiger charge is -2.12. The van der Waals surface area contributed by atoms with E-state index in [1.54, 1.807) is 0 Å². The molecule has 130 valence electrons. The van der Waals surface area contributed by atoms with Gasteiger partial charge in [0, 0.05) is 4.47 Å². The van der Waals surface area contributed by atoms with Crippen LogP contribution in [0.2, 0.25) is 5.02 Å². The Balaban J connectivity index is 1.80. The molecule has 0 aliphatic rings. The molecule has 0 aliphatic carbocycles. The van der Waals surface area contributed by atoms with Gasteiger partial charge in [0.1, 0.15) is 0 Å². The van der Waals surface area contributed by atoms with Gasteiger partial charge in [0.15, 0.2) is 5.82 Å². The fourth-order valence-electron chi connectivity index (χ4n) is 2.14. The highest BCUT2D eigenvalue weighted by molar-refractivity contribution is 9.10. The molecule has 0 aliphatic heterocycles. The summed E-state index contributed by atoms with van der Waals surface area (Å²) in [6.07, 6.45) is -4.44. The molecule has 0 saturated carbocycles. The van der Waals surface area contributed by atoms with E-state index in [4.69, 9.17) is 11.6 Å². The normalized spacial score (nSPS) is 11.6. The van der Waals surface area contributed by atoms with E-state index in [2.05, 4.69) is 36.8 Å². The Morgan fingerprint density at radius 3 is 2.60 bits per heavy atom. The van der Waals surface area contributed by atoms with Gasteiger partial charge in [-0.3, -0.25) is 0 Å². The van der Waals surface area contributed by atoms with Gasteiger partial charge in [0.25, 0.3) is 0 Å².